The fraction of sp³-hybridized carbons (Fsp3) is 0.326. The minimum atomic E-state index is -4.64. The van der Waals surface area contributed by atoms with Gasteiger partial charge in [-0.3, -0.25) is 57.5 Å². The van der Waals surface area contributed by atoms with E-state index in [4.69, 9.17) is 26.5 Å². The molecule has 0 aliphatic carbocycles. The minimum Gasteiger partial charge on any atom is -0.508 e. The molecule has 0 bridgehead atoms. The van der Waals surface area contributed by atoms with E-state index in [2.05, 4.69) is 137 Å². The van der Waals surface area contributed by atoms with Crippen molar-refractivity contribution in [2.24, 2.45) is 11.5 Å². The molecule has 4 aromatic rings. The first-order valence-corrected chi connectivity index (χ1v) is 37.8. The Hall–Kier alpha value is -14.5. The lowest BCUT2D eigenvalue weighted by Gasteiger charge is -2.20. The van der Waals surface area contributed by atoms with Crippen molar-refractivity contribution in [3.8, 4) is 23.6 Å². The molecule has 0 unspecified atom stereocenters. The summed E-state index contributed by atoms with van der Waals surface area (Å²) in [6.07, 6.45) is -0.313. The van der Waals surface area contributed by atoms with E-state index >= 15 is 0 Å². The number of alkyl halides is 6. The number of likely N-dealkylation sites (N-methyl/N-ethyl adjacent to an activating group) is 2. The van der Waals surface area contributed by atoms with E-state index in [1.54, 1.807) is 87.1 Å². The van der Waals surface area contributed by atoms with Crippen LogP contribution in [0.25, 0.3) is 0 Å². The molecule has 0 heterocycles. The quantitative estimate of drug-likeness (QED) is 0.0134. The van der Waals surface area contributed by atoms with E-state index in [1.165, 1.54) is 89.6 Å². The van der Waals surface area contributed by atoms with Gasteiger partial charge < -0.3 is 83.8 Å². The predicted molar refractivity (Wildman–Crippen MR) is 497 cm³/mol. The lowest BCUT2D eigenvalue weighted by Crippen LogP contribution is -2.40. The number of aromatic hydroxyl groups is 2. The van der Waals surface area contributed by atoms with Gasteiger partial charge in [-0.1, -0.05) is 78.9 Å². The number of benzene rings is 4. The highest BCUT2D eigenvalue weighted by Crippen LogP contribution is 2.35. The molecule has 0 fully saturated rings. The van der Waals surface area contributed by atoms with Gasteiger partial charge in [-0.15, -0.1) is 0 Å². The molecule has 0 saturated carbocycles. The maximum Gasteiger partial charge on any atom is 0.417 e. The number of phenols is 2. The first kappa shape index (κ1) is 129. The minimum absolute atomic E-state index is 0.00926. The highest BCUT2D eigenvalue weighted by atomic mass is 19.4. The number of amides is 12. The SMILES string of the molecule is C=C(C)C(=O)N(C)C.C=C(C)C(=O)NC(C)(C)C.C=C(C)C(=O)NCCCN(C)C.C=C(C)C(=O)Nc1ccc(C#N)c(C(F)(F)F)c1.C=C(C)C(=O)Nc1ccc(O)cc1.C=C(C)C(N)=O.C=CC(=O)N(C)C.C=CC(=O)NC(C)(C)C.C=CC(=O)NCCCN(C)C.C=CC(=O)Nc1ccc(C#N)c(C(F)(F)F)c1.C=CC(=O)Nc1ccc(O)cc1.C=CC(N)=O. The molecule has 0 aromatic heterocycles. The molecular formula is C92H130F6N16O14. The lowest BCUT2D eigenvalue weighted by atomic mass is 10.1. The Labute approximate surface area is 750 Å². The molecule has 0 spiro atoms. The number of phenolic OH excluding ortho intramolecular Hbond substituents is 2. The van der Waals surface area contributed by atoms with Crippen molar-refractivity contribution < 1.29 is 94.1 Å². The van der Waals surface area contributed by atoms with Gasteiger partial charge in [-0.25, -0.2) is 0 Å². The Morgan fingerprint density at radius 2 is 0.695 bits per heavy atom. The zero-order valence-electron chi connectivity index (χ0n) is 77.2. The number of nitrogens with two attached hydrogens (primary N) is 2. The van der Waals surface area contributed by atoms with Crippen molar-refractivity contribution in [3.63, 3.8) is 0 Å². The van der Waals surface area contributed by atoms with Crippen LogP contribution in [0.5, 0.6) is 11.5 Å². The van der Waals surface area contributed by atoms with Crippen LogP contribution in [0.2, 0.25) is 0 Å². The van der Waals surface area contributed by atoms with Gasteiger partial charge in [0.15, 0.2) is 0 Å². The van der Waals surface area contributed by atoms with E-state index in [0.717, 1.165) is 69.4 Å². The molecule has 704 valence electrons. The number of primary amides is 2. The number of nitrogens with one attached hydrogen (secondary N) is 8. The summed E-state index contributed by atoms with van der Waals surface area (Å²) in [6.45, 7) is 65.0. The van der Waals surface area contributed by atoms with E-state index in [-0.39, 0.29) is 86.8 Å². The van der Waals surface area contributed by atoms with Gasteiger partial charge in [0.25, 0.3) is 11.8 Å². The van der Waals surface area contributed by atoms with Crippen LogP contribution in [-0.2, 0) is 69.9 Å². The number of hydrogen-bond donors (Lipinski definition) is 12. The van der Waals surface area contributed by atoms with Gasteiger partial charge in [0.1, 0.15) is 11.5 Å². The smallest absolute Gasteiger partial charge is 0.417 e. The molecule has 128 heavy (non-hydrogen) atoms. The zero-order chi connectivity index (χ0) is 102. The van der Waals surface area contributed by atoms with Crippen molar-refractivity contribution in [2.75, 3.05) is 104 Å². The van der Waals surface area contributed by atoms with Gasteiger partial charge in [0.05, 0.1) is 34.4 Å². The Kier molecular flexibility index (Phi) is 70.4. The number of anilines is 4. The van der Waals surface area contributed by atoms with Gasteiger partial charge >= 0.3 is 12.4 Å². The second-order valence-corrected chi connectivity index (χ2v) is 29.1. The van der Waals surface area contributed by atoms with Crippen LogP contribution in [0.15, 0.2) is 234 Å². The van der Waals surface area contributed by atoms with Gasteiger partial charge in [-0.2, -0.15) is 36.9 Å². The number of halogens is 6. The monoisotopic (exact) mass is 1800 g/mol. The van der Waals surface area contributed by atoms with Crippen LogP contribution >= 0.6 is 0 Å². The number of hydrogen-bond acceptors (Lipinski definition) is 18. The molecular weight excluding hydrogens is 1670 g/mol. The van der Waals surface area contributed by atoms with Crippen LogP contribution in [0.1, 0.15) is 118 Å². The average molecular weight is 1800 g/mol. The Balaban J connectivity index is -0.000000208. The Bertz CT molecular complexity index is 4470. The maximum absolute atomic E-state index is 12.6. The number of nitriles is 2. The molecule has 12 amide bonds. The van der Waals surface area contributed by atoms with Crippen LogP contribution in [0.4, 0.5) is 49.1 Å². The largest absolute Gasteiger partial charge is 0.508 e. The van der Waals surface area contributed by atoms with Crippen molar-refractivity contribution >= 4 is 93.6 Å². The average Bonchev–Trinajstić information content (AvgIpc) is 0.822. The predicted octanol–water partition coefficient (Wildman–Crippen LogP) is 13.3. The van der Waals surface area contributed by atoms with Gasteiger partial charge in [0.2, 0.25) is 59.1 Å². The number of carbonyl (C=O) groups excluding carboxylic acids is 12. The third-order valence-electron chi connectivity index (χ3n) is 13.1. The molecule has 0 saturated heterocycles. The third kappa shape index (κ3) is 78.7. The molecule has 30 nitrogen and oxygen atoms in total. The number of rotatable bonds is 24. The van der Waals surface area contributed by atoms with Crippen LogP contribution in [-0.4, -0.2) is 194 Å². The topological polar surface area (TPSA) is 454 Å². The standard InChI is InChI=1S/C12H9F3N2O.C11H7F3N2O.C10H11NO2.C9H18N2O.C9H9NO2.C8H16N2O.C8H15NO.C7H13NO.C6H11NO.C5H9NO.C4H7NO.C3H5NO/c1-7(2)11(18)17-9-4-3-8(6-16)10(5-9)12(13,14)15;1-2-10(17)16-8-4-3-7(6-15)9(5-8)11(12,13)14;1-7(2)10(13)11-8-3-5-9(12)6-4-8;1-8(2)9(12)10-6-5-7-11(3)4;1-2-9(12)10-7-3-5-8(11)6-4-7;1-4-8(11)9-6-5-7-10(2)3;1-6(2)7(10)9-8(3,4)5;1-5-6(9)8-7(2,3)4;1-5(2)6(8)7(3)4;1-4-5(7)6(2)3;1-3(2)4(5)6;1-2-3(4)5/h3-5H,1H2,2H3,(H,17,18);2-5H,1H2,(H,16,17);3-6,12H,1H2,2H3,(H,11,13);1,5-7H2,2-4H3,(H,10,12);2-6,11H,1H2,(H,10,12);4H,1,5-7H2,2-3H3,(H,9,11);1H2,2-5H3,(H,9,10);5H,1H2,2-4H3,(H,8,9);1H2,2-4H3;4H,1H2,2-3H3;1H2,2H3,(H2,5,6);2H,1H2,(H2,4,5). The summed E-state index contributed by atoms with van der Waals surface area (Å²) in [5.74, 6) is -2.65. The van der Waals surface area contributed by atoms with Crippen LogP contribution < -0.4 is 54.0 Å². The fourth-order valence-corrected chi connectivity index (χ4v) is 6.72. The van der Waals surface area contributed by atoms with Crippen molar-refractivity contribution in [3.05, 3.63) is 256 Å². The van der Waals surface area contributed by atoms with E-state index in [1.807, 2.05) is 69.7 Å². The summed E-state index contributed by atoms with van der Waals surface area (Å²) in [4.78, 5) is 135. The van der Waals surface area contributed by atoms with E-state index < -0.39 is 58.2 Å². The summed E-state index contributed by atoms with van der Waals surface area (Å²) in [7, 11) is 14.8. The second-order valence-electron chi connectivity index (χ2n) is 29.1. The highest BCUT2D eigenvalue weighted by molar-refractivity contribution is 6.04. The van der Waals surface area contributed by atoms with Crippen LogP contribution in [0, 0.1) is 22.7 Å². The highest BCUT2D eigenvalue weighted by Gasteiger charge is 2.35. The summed E-state index contributed by atoms with van der Waals surface area (Å²) >= 11 is 0. The van der Waals surface area contributed by atoms with E-state index in [9.17, 15) is 83.9 Å². The molecule has 0 aliphatic rings. The summed E-state index contributed by atoms with van der Waals surface area (Å²) < 4.78 is 75.5. The fourth-order valence-electron chi connectivity index (χ4n) is 6.72. The number of carbonyl (C=O) groups is 12. The molecule has 14 N–H and O–H groups in total. The van der Waals surface area contributed by atoms with Crippen LogP contribution in [0.3, 0.4) is 0 Å². The Morgan fingerprint density at radius 1 is 0.398 bits per heavy atom. The molecule has 0 atom stereocenters. The molecule has 4 aromatic carbocycles. The maximum atomic E-state index is 12.6. The first-order valence-electron chi connectivity index (χ1n) is 37.8. The van der Waals surface area contributed by atoms with Gasteiger partial charge in [0, 0.05) is 109 Å². The summed E-state index contributed by atoms with van der Waals surface area (Å²) in [6, 6.07) is 21.3. The zero-order valence-corrected chi connectivity index (χ0v) is 77.2. The second kappa shape index (κ2) is 69.8. The lowest BCUT2D eigenvalue weighted by molar-refractivity contribution is -0.138. The molecule has 4 rings (SSSR count). The normalized spacial score (nSPS) is 9.58. The molecule has 0 radical (unpaired) electrons. The summed E-state index contributed by atoms with van der Waals surface area (Å²) in [5.41, 5.74) is 9.72. The Morgan fingerprint density at radius 3 is 0.914 bits per heavy atom. The molecule has 0 aliphatic heterocycles. The van der Waals surface area contributed by atoms with Crippen molar-refractivity contribution in [2.45, 2.75) is 119 Å². The van der Waals surface area contributed by atoms with Gasteiger partial charge in [-0.05, 0) is 259 Å². The van der Waals surface area contributed by atoms with Crippen molar-refractivity contribution in [1.82, 2.24) is 40.9 Å². The first-order chi connectivity index (χ1) is 58.6. The third-order valence-corrected chi connectivity index (χ3v) is 13.1. The van der Waals surface area contributed by atoms with E-state index in [0.29, 0.717) is 45.3 Å². The van der Waals surface area contributed by atoms with Crippen molar-refractivity contribution in [1.29, 1.82) is 10.5 Å². The summed E-state index contributed by atoms with van der Waals surface area (Å²) in [5, 5.41) is 55.6. The number of nitrogens with zero attached hydrogens (tertiary/aromatic N) is 6. The molecule has 36 heteroatoms.